The largest absolute Gasteiger partial charge is 0.445 e. The van der Waals surface area contributed by atoms with Crippen LogP contribution in [0.4, 0.5) is 4.79 Å². The molecular formula is C15H17NO2. The number of hydrogen-bond acceptors (Lipinski definition) is 2. The van der Waals surface area contributed by atoms with E-state index in [0.717, 1.165) is 12.0 Å². The highest BCUT2D eigenvalue weighted by Crippen LogP contribution is 2.38. The van der Waals surface area contributed by atoms with Crippen LogP contribution in [0.2, 0.25) is 0 Å². The molecule has 2 aliphatic carbocycles. The zero-order chi connectivity index (χ0) is 12.4. The fourth-order valence-electron chi connectivity index (χ4n) is 2.86. The molecule has 3 rings (SSSR count). The molecular weight excluding hydrogens is 226 g/mol. The molecule has 3 atom stereocenters. The minimum absolute atomic E-state index is 0.267. The van der Waals surface area contributed by atoms with Crippen molar-refractivity contribution in [3.05, 3.63) is 48.0 Å². The number of fused-ring (bicyclic) bond motifs is 2. The van der Waals surface area contributed by atoms with Crippen LogP contribution in [0, 0.1) is 11.8 Å². The Morgan fingerprint density at radius 1 is 1.22 bits per heavy atom. The van der Waals surface area contributed by atoms with Crippen molar-refractivity contribution in [3.63, 3.8) is 0 Å². The van der Waals surface area contributed by atoms with E-state index in [-0.39, 0.29) is 12.1 Å². The summed E-state index contributed by atoms with van der Waals surface area (Å²) in [6.45, 7) is 0.337. The molecule has 0 saturated heterocycles. The van der Waals surface area contributed by atoms with Crippen LogP contribution in [0.1, 0.15) is 18.4 Å². The molecule has 0 heterocycles. The van der Waals surface area contributed by atoms with Gasteiger partial charge >= 0.3 is 6.09 Å². The normalized spacial score (nSPS) is 28.3. The van der Waals surface area contributed by atoms with Crippen LogP contribution in [-0.4, -0.2) is 12.1 Å². The van der Waals surface area contributed by atoms with Crippen molar-refractivity contribution in [2.75, 3.05) is 0 Å². The molecule has 2 aliphatic rings. The highest BCUT2D eigenvalue weighted by Gasteiger charge is 2.36. The van der Waals surface area contributed by atoms with Crippen LogP contribution in [0.15, 0.2) is 42.5 Å². The lowest BCUT2D eigenvalue weighted by Gasteiger charge is -2.19. The maximum atomic E-state index is 11.7. The van der Waals surface area contributed by atoms with Crippen molar-refractivity contribution in [1.29, 1.82) is 0 Å². The Kier molecular flexibility index (Phi) is 3.05. The van der Waals surface area contributed by atoms with Gasteiger partial charge in [-0.1, -0.05) is 42.5 Å². The third-order valence-electron chi connectivity index (χ3n) is 3.79. The molecule has 1 aromatic carbocycles. The Hall–Kier alpha value is -1.77. The predicted molar refractivity (Wildman–Crippen MR) is 68.9 cm³/mol. The maximum Gasteiger partial charge on any atom is 0.407 e. The Bertz CT molecular complexity index is 455. The second-order valence-electron chi connectivity index (χ2n) is 5.09. The molecule has 0 spiro atoms. The summed E-state index contributed by atoms with van der Waals surface area (Å²) in [7, 11) is 0. The lowest BCUT2D eigenvalue weighted by molar-refractivity contribution is 0.134. The van der Waals surface area contributed by atoms with Gasteiger partial charge in [0.25, 0.3) is 0 Å². The first-order valence-electron chi connectivity index (χ1n) is 6.47. The van der Waals surface area contributed by atoms with Crippen LogP contribution in [0.3, 0.4) is 0 Å². The standard InChI is InChI=1S/C15H17NO2/c17-15(18-10-11-4-2-1-3-5-11)16-14-9-12-6-7-13(14)8-12/h1-7,12-14H,8-10H2,(H,16,17)/t12-,13+,14-/m0/s1. The van der Waals surface area contributed by atoms with Crippen molar-refractivity contribution < 1.29 is 9.53 Å². The van der Waals surface area contributed by atoms with E-state index in [2.05, 4.69) is 17.5 Å². The number of carbonyl (C=O) groups is 1. The summed E-state index contributed by atoms with van der Waals surface area (Å²) in [5.41, 5.74) is 1.01. The molecule has 18 heavy (non-hydrogen) atoms. The quantitative estimate of drug-likeness (QED) is 0.829. The van der Waals surface area contributed by atoms with Gasteiger partial charge in [0.1, 0.15) is 6.61 Å². The van der Waals surface area contributed by atoms with Gasteiger partial charge in [0, 0.05) is 6.04 Å². The molecule has 0 aromatic heterocycles. The molecule has 1 N–H and O–H groups in total. The maximum absolute atomic E-state index is 11.7. The average Bonchev–Trinajstić information content (AvgIpc) is 3.00. The molecule has 0 unspecified atom stereocenters. The second kappa shape index (κ2) is 4.84. The van der Waals surface area contributed by atoms with Gasteiger partial charge in [-0.3, -0.25) is 0 Å². The lowest BCUT2D eigenvalue weighted by atomic mass is 10.0. The lowest BCUT2D eigenvalue weighted by Crippen LogP contribution is -2.37. The monoisotopic (exact) mass is 243 g/mol. The smallest absolute Gasteiger partial charge is 0.407 e. The number of hydrogen-bond donors (Lipinski definition) is 1. The average molecular weight is 243 g/mol. The van der Waals surface area contributed by atoms with Crippen LogP contribution in [0.5, 0.6) is 0 Å². The Morgan fingerprint density at radius 2 is 2.06 bits per heavy atom. The van der Waals surface area contributed by atoms with Gasteiger partial charge < -0.3 is 10.1 Å². The number of nitrogens with one attached hydrogen (secondary N) is 1. The summed E-state index contributed by atoms with van der Waals surface area (Å²) >= 11 is 0. The molecule has 1 fully saturated rings. The Balaban J connectivity index is 1.47. The first-order valence-corrected chi connectivity index (χ1v) is 6.47. The summed E-state index contributed by atoms with van der Waals surface area (Å²) < 4.78 is 5.22. The zero-order valence-electron chi connectivity index (χ0n) is 10.2. The third-order valence-corrected chi connectivity index (χ3v) is 3.79. The van der Waals surface area contributed by atoms with Gasteiger partial charge in [0.15, 0.2) is 0 Å². The molecule has 2 bridgehead atoms. The number of benzene rings is 1. The minimum atomic E-state index is -0.301. The molecule has 3 nitrogen and oxygen atoms in total. The number of alkyl carbamates (subject to hydrolysis) is 1. The van der Waals surface area contributed by atoms with Crippen molar-refractivity contribution in [1.82, 2.24) is 5.32 Å². The number of carbonyl (C=O) groups excluding carboxylic acids is 1. The predicted octanol–water partition coefficient (Wildman–Crippen LogP) is 2.88. The van der Waals surface area contributed by atoms with Gasteiger partial charge in [-0.25, -0.2) is 4.79 Å². The van der Waals surface area contributed by atoms with Crippen molar-refractivity contribution in [2.24, 2.45) is 11.8 Å². The SMILES string of the molecule is O=C(N[C@H]1C[C@H]2C=C[C@@H]1C2)OCc1ccccc1. The topological polar surface area (TPSA) is 38.3 Å². The van der Waals surface area contributed by atoms with Crippen molar-refractivity contribution >= 4 is 6.09 Å². The van der Waals surface area contributed by atoms with Gasteiger partial charge in [-0.15, -0.1) is 0 Å². The van der Waals surface area contributed by atoms with Crippen LogP contribution in [-0.2, 0) is 11.3 Å². The Labute approximate surface area is 107 Å². The number of allylic oxidation sites excluding steroid dienone is 1. The second-order valence-corrected chi connectivity index (χ2v) is 5.09. The summed E-state index contributed by atoms with van der Waals surface area (Å²) in [6.07, 6.45) is 6.42. The van der Waals surface area contributed by atoms with Gasteiger partial charge in [0.05, 0.1) is 0 Å². The van der Waals surface area contributed by atoms with E-state index in [0.29, 0.717) is 18.4 Å². The van der Waals surface area contributed by atoms with E-state index in [1.807, 2.05) is 30.3 Å². The molecule has 0 radical (unpaired) electrons. The number of amides is 1. The first-order chi connectivity index (χ1) is 8.81. The molecule has 1 saturated carbocycles. The van der Waals surface area contributed by atoms with Gasteiger partial charge in [0.2, 0.25) is 0 Å². The van der Waals surface area contributed by atoms with Crippen LogP contribution in [0.25, 0.3) is 0 Å². The summed E-state index contributed by atoms with van der Waals surface area (Å²) in [6, 6.07) is 10.0. The minimum Gasteiger partial charge on any atom is -0.445 e. The van der Waals surface area contributed by atoms with Crippen LogP contribution >= 0.6 is 0 Å². The third kappa shape index (κ3) is 2.40. The molecule has 1 aromatic rings. The summed E-state index contributed by atoms with van der Waals surface area (Å²) in [4.78, 5) is 11.7. The van der Waals surface area contributed by atoms with Gasteiger partial charge in [-0.2, -0.15) is 0 Å². The summed E-state index contributed by atoms with van der Waals surface area (Å²) in [5, 5.41) is 2.97. The number of ether oxygens (including phenoxy) is 1. The van der Waals surface area contributed by atoms with E-state index in [1.165, 1.54) is 6.42 Å². The van der Waals surface area contributed by atoms with Gasteiger partial charge in [-0.05, 0) is 30.2 Å². The van der Waals surface area contributed by atoms with E-state index in [1.54, 1.807) is 0 Å². The number of rotatable bonds is 3. The fourth-order valence-corrected chi connectivity index (χ4v) is 2.86. The van der Waals surface area contributed by atoms with E-state index in [4.69, 9.17) is 4.74 Å². The van der Waals surface area contributed by atoms with Crippen LogP contribution < -0.4 is 5.32 Å². The van der Waals surface area contributed by atoms with Crippen molar-refractivity contribution in [2.45, 2.75) is 25.5 Å². The first kappa shape index (κ1) is 11.3. The fraction of sp³-hybridized carbons (Fsp3) is 0.400. The molecule has 94 valence electrons. The highest BCUT2D eigenvalue weighted by molar-refractivity contribution is 5.67. The molecule has 1 amide bonds. The van der Waals surface area contributed by atoms with E-state index in [9.17, 15) is 4.79 Å². The Morgan fingerprint density at radius 3 is 2.72 bits per heavy atom. The van der Waals surface area contributed by atoms with E-state index < -0.39 is 0 Å². The molecule has 0 aliphatic heterocycles. The summed E-state index contributed by atoms with van der Waals surface area (Å²) in [5.74, 6) is 1.17. The van der Waals surface area contributed by atoms with E-state index >= 15 is 0 Å². The zero-order valence-corrected chi connectivity index (χ0v) is 10.2. The van der Waals surface area contributed by atoms with Crippen molar-refractivity contribution in [3.8, 4) is 0 Å². The highest BCUT2D eigenvalue weighted by atomic mass is 16.5. The molecule has 3 heteroatoms.